The van der Waals surface area contributed by atoms with Crippen LogP contribution in [0.2, 0.25) is 0 Å². The van der Waals surface area contributed by atoms with Crippen LogP contribution in [0.3, 0.4) is 0 Å². The first kappa shape index (κ1) is 14.3. The molecule has 0 aliphatic heterocycles. The number of aliphatic hydroxyl groups is 1. The molecular weight excluding hydrogens is 312 g/mol. The van der Waals surface area contributed by atoms with E-state index in [-0.39, 0.29) is 0 Å². The third-order valence-corrected chi connectivity index (χ3v) is 5.34. The average Bonchev–Trinajstić information content (AvgIpc) is 2.38. The van der Waals surface area contributed by atoms with Gasteiger partial charge in [-0.15, -0.1) is 0 Å². The van der Waals surface area contributed by atoms with Crippen molar-refractivity contribution in [1.29, 1.82) is 0 Å². The Morgan fingerprint density at radius 1 is 1.00 bits per heavy atom. The van der Waals surface area contributed by atoms with Crippen molar-refractivity contribution in [3.63, 3.8) is 0 Å². The molecule has 108 valence electrons. The smallest absolute Gasteiger partial charge is 0.0900 e. The second-order valence-corrected chi connectivity index (χ2v) is 7.22. The zero-order chi connectivity index (χ0) is 14.0. The molecule has 1 unspecified atom stereocenters. The summed E-state index contributed by atoms with van der Waals surface area (Å²) in [4.78, 5) is 0. The molecule has 1 aromatic rings. The number of halogens is 1. The molecule has 2 aliphatic carbocycles. The Kier molecular flexibility index (Phi) is 4.32. The van der Waals surface area contributed by atoms with Crippen LogP contribution in [-0.4, -0.2) is 10.7 Å². The Morgan fingerprint density at radius 3 is 2.75 bits per heavy atom. The molecule has 1 aromatic carbocycles. The summed E-state index contributed by atoms with van der Waals surface area (Å²) in [6, 6.07) is 6.48. The van der Waals surface area contributed by atoms with Gasteiger partial charge in [-0.25, -0.2) is 0 Å². The number of rotatable bonds is 1. The van der Waals surface area contributed by atoms with Gasteiger partial charge in [-0.3, -0.25) is 0 Å². The second-order valence-electron chi connectivity index (χ2n) is 6.30. The first-order valence-corrected chi connectivity index (χ1v) is 8.66. The Bertz CT molecular complexity index is 520. The van der Waals surface area contributed by atoms with Crippen LogP contribution in [0.5, 0.6) is 0 Å². The normalized spacial score (nSPS) is 29.8. The highest BCUT2D eigenvalue weighted by atomic mass is 79.9. The number of fused-ring (bicyclic) bond motifs is 1. The second kappa shape index (κ2) is 6.03. The van der Waals surface area contributed by atoms with Crippen molar-refractivity contribution in [2.24, 2.45) is 0 Å². The first-order chi connectivity index (χ1) is 9.67. The maximum Gasteiger partial charge on any atom is 0.0900 e. The fourth-order valence-electron chi connectivity index (χ4n) is 3.63. The molecule has 0 aromatic heterocycles. The van der Waals surface area contributed by atoms with Crippen LogP contribution in [0.15, 0.2) is 34.3 Å². The van der Waals surface area contributed by atoms with Crippen molar-refractivity contribution in [2.45, 2.75) is 63.4 Å². The molecule has 1 atom stereocenters. The molecule has 0 amide bonds. The van der Waals surface area contributed by atoms with E-state index in [0.29, 0.717) is 0 Å². The van der Waals surface area contributed by atoms with Gasteiger partial charge >= 0.3 is 0 Å². The lowest BCUT2D eigenvalue weighted by atomic mass is 9.74. The van der Waals surface area contributed by atoms with Gasteiger partial charge in [0.15, 0.2) is 0 Å². The van der Waals surface area contributed by atoms with E-state index in [2.05, 4.69) is 40.2 Å². The summed E-state index contributed by atoms with van der Waals surface area (Å²) in [6.45, 7) is 0. The number of aryl methyl sites for hydroxylation is 1. The first-order valence-electron chi connectivity index (χ1n) is 7.87. The number of hydrogen-bond acceptors (Lipinski definition) is 1. The Morgan fingerprint density at radius 2 is 1.85 bits per heavy atom. The van der Waals surface area contributed by atoms with E-state index in [0.717, 1.165) is 36.6 Å². The largest absolute Gasteiger partial charge is 0.385 e. The zero-order valence-electron chi connectivity index (χ0n) is 12.0. The third kappa shape index (κ3) is 3.01. The van der Waals surface area contributed by atoms with Gasteiger partial charge in [0.1, 0.15) is 0 Å². The van der Waals surface area contributed by atoms with Crippen molar-refractivity contribution in [1.82, 2.24) is 0 Å². The van der Waals surface area contributed by atoms with Crippen molar-refractivity contribution in [3.05, 3.63) is 45.4 Å². The Balaban J connectivity index is 1.84. The monoisotopic (exact) mass is 334 g/mol. The van der Waals surface area contributed by atoms with Gasteiger partial charge in [-0.05, 0) is 67.4 Å². The van der Waals surface area contributed by atoms with Crippen LogP contribution in [0, 0.1) is 0 Å². The summed E-state index contributed by atoms with van der Waals surface area (Å²) in [5.74, 6) is 0. The standard InChI is InChI=1S/C18H23BrO/c19-17-9-8-15-13-18(20,11-10-14(15)12-17)16-6-4-2-1-3-5-7-16/h6,8-9,12,20H,1-5,7,10-11,13H2/b16-6+. The minimum absolute atomic E-state index is 0.585. The average molecular weight is 335 g/mol. The highest BCUT2D eigenvalue weighted by molar-refractivity contribution is 9.10. The fraction of sp³-hybridized carbons (Fsp3) is 0.556. The molecule has 0 fully saturated rings. The highest BCUT2D eigenvalue weighted by Crippen LogP contribution is 2.38. The molecule has 3 rings (SSSR count). The van der Waals surface area contributed by atoms with Gasteiger partial charge in [-0.2, -0.15) is 0 Å². The third-order valence-electron chi connectivity index (χ3n) is 4.85. The van der Waals surface area contributed by atoms with E-state index in [4.69, 9.17) is 0 Å². The van der Waals surface area contributed by atoms with Crippen molar-refractivity contribution >= 4 is 15.9 Å². The molecule has 1 N–H and O–H groups in total. The van der Waals surface area contributed by atoms with Crippen molar-refractivity contribution < 1.29 is 5.11 Å². The van der Waals surface area contributed by atoms with Crippen molar-refractivity contribution in [2.75, 3.05) is 0 Å². The fourth-order valence-corrected chi connectivity index (χ4v) is 4.04. The van der Waals surface area contributed by atoms with Crippen LogP contribution in [0.25, 0.3) is 0 Å². The number of hydrogen-bond donors (Lipinski definition) is 1. The lowest BCUT2D eigenvalue weighted by molar-refractivity contribution is 0.0591. The Labute approximate surface area is 130 Å². The Hall–Kier alpha value is -0.600. The van der Waals surface area contributed by atoms with Gasteiger partial charge < -0.3 is 5.11 Å². The summed E-state index contributed by atoms with van der Waals surface area (Å²) in [5.41, 5.74) is 3.45. The molecule has 0 bridgehead atoms. The molecule has 0 spiro atoms. The van der Waals surface area contributed by atoms with E-state index in [1.807, 2.05) is 0 Å². The number of allylic oxidation sites excluding steroid dienone is 1. The summed E-state index contributed by atoms with van der Waals surface area (Å²) in [6.07, 6.45) is 12.4. The number of benzene rings is 1. The molecule has 0 heterocycles. The maximum atomic E-state index is 11.1. The summed E-state index contributed by atoms with van der Waals surface area (Å²) in [5, 5.41) is 11.1. The molecule has 1 nitrogen and oxygen atoms in total. The van der Waals surface area contributed by atoms with Gasteiger partial charge in [0, 0.05) is 10.9 Å². The van der Waals surface area contributed by atoms with Gasteiger partial charge in [0.25, 0.3) is 0 Å². The van der Waals surface area contributed by atoms with E-state index in [9.17, 15) is 5.11 Å². The SMILES string of the molecule is OC1(/C2=C/CCCCCC2)CCc2cc(Br)ccc2C1. The van der Waals surface area contributed by atoms with E-state index in [1.54, 1.807) is 0 Å². The lowest BCUT2D eigenvalue weighted by Gasteiger charge is -2.36. The molecular formula is C18H23BrO. The van der Waals surface area contributed by atoms with E-state index in [1.165, 1.54) is 42.4 Å². The van der Waals surface area contributed by atoms with E-state index < -0.39 is 5.60 Å². The quantitative estimate of drug-likeness (QED) is 0.720. The van der Waals surface area contributed by atoms with Crippen LogP contribution in [-0.2, 0) is 12.8 Å². The molecule has 0 saturated heterocycles. The van der Waals surface area contributed by atoms with Gasteiger partial charge in [0.05, 0.1) is 5.60 Å². The highest BCUT2D eigenvalue weighted by Gasteiger charge is 2.35. The molecule has 0 radical (unpaired) electrons. The van der Waals surface area contributed by atoms with Crippen LogP contribution in [0.1, 0.15) is 56.1 Å². The summed E-state index contributed by atoms with van der Waals surface area (Å²) < 4.78 is 1.15. The molecule has 0 saturated carbocycles. The van der Waals surface area contributed by atoms with Crippen LogP contribution in [0.4, 0.5) is 0 Å². The maximum absolute atomic E-state index is 11.1. The van der Waals surface area contributed by atoms with Crippen molar-refractivity contribution in [3.8, 4) is 0 Å². The van der Waals surface area contributed by atoms with Gasteiger partial charge in [0.2, 0.25) is 0 Å². The minimum Gasteiger partial charge on any atom is -0.385 e. The summed E-state index contributed by atoms with van der Waals surface area (Å²) >= 11 is 3.54. The predicted octanol–water partition coefficient (Wildman–Crippen LogP) is 4.95. The molecule has 2 heteroatoms. The summed E-state index contributed by atoms with van der Waals surface area (Å²) in [7, 11) is 0. The minimum atomic E-state index is -0.585. The zero-order valence-corrected chi connectivity index (χ0v) is 13.6. The lowest BCUT2D eigenvalue weighted by Crippen LogP contribution is -2.38. The van der Waals surface area contributed by atoms with Crippen LogP contribution < -0.4 is 0 Å². The van der Waals surface area contributed by atoms with Crippen LogP contribution >= 0.6 is 15.9 Å². The topological polar surface area (TPSA) is 20.2 Å². The van der Waals surface area contributed by atoms with E-state index >= 15 is 0 Å². The van der Waals surface area contributed by atoms with Gasteiger partial charge in [-0.1, -0.05) is 40.9 Å². The molecule has 20 heavy (non-hydrogen) atoms. The predicted molar refractivity (Wildman–Crippen MR) is 86.9 cm³/mol. The molecule has 2 aliphatic rings.